The molecule has 148 valence electrons. The van der Waals surface area contributed by atoms with Gasteiger partial charge < -0.3 is 14.5 Å². The van der Waals surface area contributed by atoms with E-state index in [0.717, 1.165) is 11.4 Å². The summed E-state index contributed by atoms with van der Waals surface area (Å²) in [5.74, 6) is 0.192. The lowest BCUT2D eigenvalue weighted by Crippen LogP contribution is -2.44. The average Bonchev–Trinajstić information content (AvgIpc) is 3.21. The highest BCUT2D eigenvalue weighted by Crippen LogP contribution is 2.40. The molecule has 1 fully saturated rings. The van der Waals surface area contributed by atoms with Gasteiger partial charge in [-0.25, -0.2) is 4.79 Å². The summed E-state index contributed by atoms with van der Waals surface area (Å²) in [6.07, 6.45) is 0.717. The predicted octanol–water partition coefficient (Wildman–Crippen LogP) is 3.28. The predicted molar refractivity (Wildman–Crippen MR) is 107 cm³/mol. The molecule has 0 N–H and O–H groups in total. The maximum absolute atomic E-state index is 13.3. The van der Waals surface area contributed by atoms with E-state index in [1.165, 1.54) is 4.90 Å². The van der Waals surface area contributed by atoms with E-state index in [4.69, 9.17) is 4.74 Å². The van der Waals surface area contributed by atoms with Gasteiger partial charge in [-0.15, -0.1) is 0 Å². The SMILES string of the molecule is CN1C(=C(C#N)C(=O)C2CCCN2C(=O)OC(C)(C)C)N(C)c2ccccc21. The van der Waals surface area contributed by atoms with Crippen molar-refractivity contribution < 1.29 is 14.3 Å². The van der Waals surface area contributed by atoms with E-state index < -0.39 is 17.7 Å². The van der Waals surface area contributed by atoms with Crippen LogP contribution in [0, 0.1) is 11.3 Å². The number of carbonyl (C=O) groups excluding carboxylic acids is 2. The zero-order valence-electron chi connectivity index (χ0n) is 17.0. The first-order valence-corrected chi connectivity index (χ1v) is 9.40. The molecule has 0 saturated carbocycles. The molecule has 7 nitrogen and oxygen atoms in total. The van der Waals surface area contributed by atoms with Crippen LogP contribution in [-0.2, 0) is 9.53 Å². The molecule has 0 aromatic heterocycles. The highest BCUT2D eigenvalue weighted by Gasteiger charge is 2.40. The van der Waals surface area contributed by atoms with Gasteiger partial charge in [0.25, 0.3) is 0 Å². The lowest BCUT2D eigenvalue weighted by Gasteiger charge is -2.28. The fraction of sp³-hybridized carbons (Fsp3) is 0.476. The number of carbonyl (C=O) groups is 2. The van der Waals surface area contributed by atoms with E-state index in [9.17, 15) is 14.9 Å². The molecule has 1 saturated heterocycles. The van der Waals surface area contributed by atoms with Gasteiger partial charge in [0, 0.05) is 20.6 Å². The lowest BCUT2D eigenvalue weighted by atomic mass is 10.0. The van der Waals surface area contributed by atoms with Crippen molar-refractivity contribution in [1.82, 2.24) is 4.90 Å². The van der Waals surface area contributed by atoms with Crippen LogP contribution in [0.1, 0.15) is 33.6 Å². The Bertz CT molecular complexity index is 847. The van der Waals surface area contributed by atoms with Gasteiger partial charge in [-0.3, -0.25) is 9.69 Å². The van der Waals surface area contributed by atoms with Gasteiger partial charge in [-0.05, 0) is 45.7 Å². The number of fused-ring (bicyclic) bond motifs is 1. The Hall–Kier alpha value is -3.01. The van der Waals surface area contributed by atoms with Crippen LogP contribution in [0.15, 0.2) is 35.7 Å². The van der Waals surface area contributed by atoms with Crippen molar-refractivity contribution >= 4 is 23.3 Å². The maximum Gasteiger partial charge on any atom is 0.410 e. The smallest absolute Gasteiger partial charge is 0.410 e. The Kier molecular flexibility index (Phi) is 5.07. The van der Waals surface area contributed by atoms with Crippen LogP contribution in [-0.4, -0.2) is 49.1 Å². The van der Waals surface area contributed by atoms with Crippen molar-refractivity contribution in [3.8, 4) is 6.07 Å². The molecular formula is C21H26N4O3. The third kappa shape index (κ3) is 3.42. The standard InChI is InChI=1S/C21H26N4O3/c1-21(2,3)28-20(27)25-12-8-11-17(25)18(26)14(13-22)19-23(4)15-9-6-7-10-16(15)24(19)5/h6-7,9-10,17H,8,11-12H2,1-5H3. The zero-order chi connectivity index (χ0) is 20.6. The van der Waals surface area contributed by atoms with Gasteiger partial charge in [0.1, 0.15) is 23.1 Å². The third-order valence-electron chi connectivity index (χ3n) is 5.01. The van der Waals surface area contributed by atoms with Gasteiger partial charge in [0.05, 0.1) is 17.4 Å². The van der Waals surface area contributed by atoms with E-state index in [1.54, 1.807) is 20.8 Å². The molecule has 2 aliphatic rings. The first-order chi connectivity index (χ1) is 13.2. The monoisotopic (exact) mass is 382 g/mol. The van der Waals surface area contributed by atoms with Gasteiger partial charge in [0.15, 0.2) is 5.78 Å². The van der Waals surface area contributed by atoms with Crippen molar-refractivity contribution in [3.63, 3.8) is 0 Å². The largest absolute Gasteiger partial charge is 0.444 e. The number of amides is 1. The summed E-state index contributed by atoms with van der Waals surface area (Å²) in [6.45, 7) is 5.83. The molecule has 3 rings (SSSR count). The van der Waals surface area contributed by atoms with Crippen molar-refractivity contribution in [2.75, 3.05) is 30.4 Å². The number of hydrogen-bond donors (Lipinski definition) is 0. The first kappa shape index (κ1) is 19.7. The molecule has 1 unspecified atom stereocenters. The molecule has 0 spiro atoms. The Morgan fingerprint density at radius 2 is 1.71 bits per heavy atom. The molecule has 2 aliphatic heterocycles. The third-order valence-corrected chi connectivity index (χ3v) is 5.01. The highest BCUT2D eigenvalue weighted by atomic mass is 16.6. The number of likely N-dealkylation sites (tertiary alicyclic amines) is 1. The fourth-order valence-corrected chi connectivity index (χ4v) is 3.78. The van der Waals surface area contributed by atoms with Crippen LogP contribution in [0.2, 0.25) is 0 Å². The molecular weight excluding hydrogens is 356 g/mol. The van der Waals surface area contributed by atoms with E-state index in [2.05, 4.69) is 6.07 Å². The Labute approximate surface area is 165 Å². The van der Waals surface area contributed by atoms with Gasteiger partial charge in [0.2, 0.25) is 0 Å². The lowest BCUT2D eigenvalue weighted by molar-refractivity contribution is -0.119. The first-order valence-electron chi connectivity index (χ1n) is 9.40. The van der Waals surface area contributed by atoms with Crippen LogP contribution in [0.5, 0.6) is 0 Å². The van der Waals surface area contributed by atoms with Crippen LogP contribution in [0.25, 0.3) is 0 Å². The minimum absolute atomic E-state index is 0.0571. The minimum atomic E-state index is -0.678. The summed E-state index contributed by atoms with van der Waals surface area (Å²) >= 11 is 0. The van der Waals surface area contributed by atoms with E-state index in [1.807, 2.05) is 48.2 Å². The number of rotatable bonds is 2. The Morgan fingerprint density at radius 1 is 1.14 bits per heavy atom. The highest BCUT2D eigenvalue weighted by molar-refractivity contribution is 6.06. The van der Waals surface area contributed by atoms with E-state index in [0.29, 0.717) is 25.2 Å². The molecule has 2 heterocycles. The molecule has 28 heavy (non-hydrogen) atoms. The molecule has 0 aliphatic carbocycles. The minimum Gasteiger partial charge on any atom is -0.444 e. The second-order valence-electron chi connectivity index (χ2n) is 8.11. The quantitative estimate of drug-likeness (QED) is 0.577. The van der Waals surface area contributed by atoms with E-state index in [-0.39, 0.29) is 11.4 Å². The van der Waals surface area contributed by atoms with Crippen LogP contribution >= 0.6 is 0 Å². The Balaban J connectivity index is 1.93. The Morgan fingerprint density at radius 3 is 2.21 bits per heavy atom. The second-order valence-corrected chi connectivity index (χ2v) is 8.11. The van der Waals surface area contributed by atoms with Crippen molar-refractivity contribution in [2.45, 2.75) is 45.3 Å². The summed E-state index contributed by atoms with van der Waals surface area (Å²) in [5.41, 5.74) is 1.27. The number of nitriles is 1. The summed E-state index contributed by atoms with van der Waals surface area (Å²) in [5, 5.41) is 9.83. The van der Waals surface area contributed by atoms with Gasteiger partial charge in [-0.1, -0.05) is 12.1 Å². The maximum atomic E-state index is 13.3. The number of para-hydroxylation sites is 2. The second kappa shape index (κ2) is 7.19. The van der Waals surface area contributed by atoms with Crippen LogP contribution < -0.4 is 9.80 Å². The molecule has 0 bridgehead atoms. The molecule has 1 aromatic rings. The normalized spacial score (nSPS) is 18.8. The number of hydrogen-bond acceptors (Lipinski definition) is 6. The summed E-state index contributed by atoms with van der Waals surface area (Å²) in [4.78, 5) is 31.0. The fourth-order valence-electron chi connectivity index (χ4n) is 3.78. The van der Waals surface area contributed by atoms with Crippen LogP contribution in [0.4, 0.5) is 16.2 Å². The number of benzene rings is 1. The topological polar surface area (TPSA) is 76.9 Å². The molecule has 1 atom stereocenters. The molecule has 7 heteroatoms. The number of anilines is 2. The van der Waals surface area contributed by atoms with Crippen molar-refractivity contribution in [3.05, 3.63) is 35.7 Å². The summed E-state index contributed by atoms with van der Waals surface area (Å²) < 4.78 is 5.45. The van der Waals surface area contributed by atoms with Gasteiger partial charge in [-0.2, -0.15) is 5.26 Å². The molecule has 0 radical (unpaired) electrons. The van der Waals surface area contributed by atoms with Crippen molar-refractivity contribution in [1.29, 1.82) is 5.26 Å². The molecule has 1 amide bonds. The average molecular weight is 382 g/mol. The number of ketones is 1. The number of ether oxygens (including phenoxy) is 1. The molecule has 1 aromatic carbocycles. The van der Waals surface area contributed by atoms with Crippen molar-refractivity contribution in [2.24, 2.45) is 0 Å². The van der Waals surface area contributed by atoms with E-state index >= 15 is 0 Å². The van der Waals surface area contributed by atoms with Crippen LogP contribution in [0.3, 0.4) is 0 Å². The summed E-state index contributed by atoms with van der Waals surface area (Å²) in [7, 11) is 3.67. The summed E-state index contributed by atoms with van der Waals surface area (Å²) in [6, 6.07) is 9.14. The zero-order valence-corrected chi connectivity index (χ0v) is 17.0. The van der Waals surface area contributed by atoms with Gasteiger partial charge >= 0.3 is 6.09 Å². The number of Topliss-reactive ketones (excluding diaryl/α,β-unsaturated/α-hetero) is 1. The number of nitrogens with zero attached hydrogens (tertiary/aromatic N) is 4.